The Morgan fingerprint density at radius 1 is 1.32 bits per heavy atom. The van der Waals surface area contributed by atoms with E-state index in [0.29, 0.717) is 30.5 Å². The summed E-state index contributed by atoms with van der Waals surface area (Å²) in [5.74, 6) is 1.48. The molecule has 9 heteroatoms. The molecule has 0 saturated carbocycles. The van der Waals surface area contributed by atoms with Crippen LogP contribution in [0, 0.1) is 13.8 Å². The number of rotatable bonds is 3. The minimum atomic E-state index is -0.229. The maximum Gasteiger partial charge on any atom is 0.294 e. The molecule has 0 N–H and O–H groups in total. The average molecular weight is 341 g/mol. The van der Waals surface area contributed by atoms with E-state index in [4.69, 9.17) is 4.52 Å². The van der Waals surface area contributed by atoms with Gasteiger partial charge in [0.05, 0.1) is 6.04 Å². The third-order valence-electron chi connectivity index (χ3n) is 4.41. The van der Waals surface area contributed by atoms with Gasteiger partial charge < -0.3 is 9.42 Å². The molecule has 1 aliphatic heterocycles. The summed E-state index contributed by atoms with van der Waals surface area (Å²) in [5, 5.41) is 8.36. The molecule has 0 bridgehead atoms. The fourth-order valence-corrected chi connectivity index (χ4v) is 3.21. The molecule has 4 rings (SSSR count). The van der Waals surface area contributed by atoms with Crippen LogP contribution in [0.2, 0.25) is 0 Å². The van der Waals surface area contributed by atoms with Gasteiger partial charge in [0.15, 0.2) is 5.82 Å². The second-order valence-corrected chi connectivity index (χ2v) is 6.24. The first-order valence-electron chi connectivity index (χ1n) is 8.41. The van der Waals surface area contributed by atoms with Gasteiger partial charge in [-0.15, -0.1) is 5.10 Å². The summed E-state index contributed by atoms with van der Waals surface area (Å²) in [6.45, 7) is 6.38. The van der Waals surface area contributed by atoms with Crippen LogP contribution >= 0.6 is 0 Å². The van der Waals surface area contributed by atoms with Gasteiger partial charge >= 0.3 is 0 Å². The maximum absolute atomic E-state index is 12.9. The van der Waals surface area contributed by atoms with Gasteiger partial charge in [0.2, 0.25) is 11.7 Å². The molecule has 0 radical (unpaired) electrons. The molecule has 3 aromatic rings. The van der Waals surface area contributed by atoms with E-state index < -0.39 is 0 Å². The number of aromatic nitrogens is 6. The molecule has 130 valence electrons. The molecule has 9 nitrogen and oxygen atoms in total. The predicted molar refractivity (Wildman–Crippen MR) is 86.9 cm³/mol. The van der Waals surface area contributed by atoms with Gasteiger partial charge in [0.25, 0.3) is 11.7 Å². The van der Waals surface area contributed by atoms with Crippen LogP contribution in [-0.4, -0.2) is 47.1 Å². The molecule has 0 unspecified atom stereocenters. The van der Waals surface area contributed by atoms with Crippen molar-refractivity contribution in [2.24, 2.45) is 0 Å². The van der Waals surface area contributed by atoms with Crippen molar-refractivity contribution in [2.75, 3.05) is 6.54 Å². The minimum absolute atomic E-state index is 0.146. The van der Waals surface area contributed by atoms with E-state index in [1.807, 2.05) is 26.8 Å². The van der Waals surface area contributed by atoms with Gasteiger partial charge in [-0.3, -0.25) is 4.79 Å². The van der Waals surface area contributed by atoms with Crippen LogP contribution in [0.25, 0.3) is 5.78 Å². The molecule has 1 fully saturated rings. The van der Waals surface area contributed by atoms with Crippen molar-refractivity contribution in [1.29, 1.82) is 0 Å². The third kappa shape index (κ3) is 2.65. The van der Waals surface area contributed by atoms with Crippen LogP contribution in [0.4, 0.5) is 0 Å². The normalized spacial score (nSPS) is 17.6. The van der Waals surface area contributed by atoms with E-state index in [-0.39, 0.29) is 17.8 Å². The van der Waals surface area contributed by atoms with Gasteiger partial charge in [-0.05, 0) is 32.8 Å². The van der Waals surface area contributed by atoms with Crippen molar-refractivity contribution < 1.29 is 9.32 Å². The second-order valence-electron chi connectivity index (χ2n) is 6.24. The number of hydrogen-bond acceptors (Lipinski definition) is 7. The maximum atomic E-state index is 12.9. The summed E-state index contributed by atoms with van der Waals surface area (Å²) < 4.78 is 6.78. The van der Waals surface area contributed by atoms with Gasteiger partial charge in [-0.1, -0.05) is 12.1 Å². The van der Waals surface area contributed by atoms with E-state index in [9.17, 15) is 4.79 Å². The molecular weight excluding hydrogens is 322 g/mol. The molecule has 1 amide bonds. The zero-order valence-corrected chi connectivity index (χ0v) is 14.4. The van der Waals surface area contributed by atoms with Crippen LogP contribution in [0.3, 0.4) is 0 Å². The van der Waals surface area contributed by atoms with Crippen molar-refractivity contribution >= 4 is 11.7 Å². The van der Waals surface area contributed by atoms with Crippen LogP contribution in [-0.2, 0) is 6.42 Å². The summed E-state index contributed by atoms with van der Waals surface area (Å²) in [4.78, 5) is 27.7. The highest BCUT2D eigenvalue weighted by Crippen LogP contribution is 2.31. The van der Waals surface area contributed by atoms with Gasteiger partial charge in [0, 0.05) is 24.4 Å². The van der Waals surface area contributed by atoms with E-state index in [2.05, 4.69) is 25.2 Å². The van der Waals surface area contributed by atoms with E-state index in [1.165, 1.54) is 0 Å². The molecule has 1 aliphatic rings. The zero-order chi connectivity index (χ0) is 17.6. The number of carbonyl (C=O) groups excluding carboxylic acids is 1. The topological polar surface area (TPSA) is 102 Å². The Hall–Kier alpha value is -2.84. The highest BCUT2D eigenvalue weighted by molar-refractivity contribution is 5.91. The van der Waals surface area contributed by atoms with Crippen LogP contribution in [0.1, 0.15) is 59.5 Å². The quantitative estimate of drug-likeness (QED) is 0.714. The molecule has 1 atom stereocenters. The standard InChI is InChI=1S/C16H19N7O2/c1-4-12-18-13(21-25-12)11-6-5-7-22(11)15(24)14-19-16-17-9(2)8-10(3)23(16)20-14/h8,11H,4-7H2,1-3H3/t11-/m0/s1. The molecule has 3 aromatic heterocycles. The SMILES string of the molecule is CCc1nc([C@@H]2CCCN2C(=O)c2nc3nc(C)cc(C)n3n2)no1. The zero-order valence-electron chi connectivity index (χ0n) is 14.4. The molecule has 0 aromatic carbocycles. The highest BCUT2D eigenvalue weighted by atomic mass is 16.5. The summed E-state index contributed by atoms with van der Waals surface area (Å²) in [5.41, 5.74) is 1.73. The Balaban J connectivity index is 1.66. The Kier molecular flexibility index (Phi) is 3.70. The first-order chi connectivity index (χ1) is 12.1. The van der Waals surface area contributed by atoms with Crippen molar-refractivity contribution in [3.05, 3.63) is 35.0 Å². The number of aryl methyl sites for hydroxylation is 3. The minimum Gasteiger partial charge on any atom is -0.339 e. The third-order valence-corrected chi connectivity index (χ3v) is 4.41. The Labute approximate surface area is 144 Å². The first kappa shape index (κ1) is 15.7. The lowest BCUT2D eigenvalue weighted by Crippen LogP contribution is -2.32. The highest BCUT2D eigenvalue weighted by Gasteiger charge is 2.35. The number of fused-ring (bicyclic) bond motifs is 1. The second kappa shape index (κ2) is 5.91. The largest absolute Gasteiger partial charge is 0.339 e. The Morgan fingerprint density at radius 2 is 2.16 bits per heavy atom. The fourth-order valence-electron chi connectivity index (χ4n) is 3.21. The number of likely N-dealkylation sites (tertiary alicyclic amines) is 1. The smallest absolute Gasteiger partial charge is 0.294 e. The van der Waals surface area contributed by atoms with E-state index >= 15 is 0 Å². The average Bonchev–Trinajstić information content (AvgIpc) is 3.31. The van der Waals surface area contributed by atoms with E-state index in [0.717, 1.165) is 24.2 Å². The Bertz CT molecular complexity index is 945. The lowest BCUT2D eigenvalue weighted by Gasteiger charge is -2.20. The summed E-state index contributed by atoms with van der Waals surface area (Å²) in [7, 11) is 0. The fraction of sp³-hybridized carbons (Fsp3) is 0.500. The van der Waals surface area contributed by atoms with Crippen molar-refractivity contribution in [1.82, 2.24) is 34.6 Å². The van der Waals surface area contributed by atoms with Crippen LogP contribution < -0.4 is 0 Å². The first-order valence-corrected chi connectivity index (χ1v) is 8.41. The number of nitrogens with zero attached hydrogens (tertiary/aromatic N) is 7. The summed E-state index contributed by atoms with van der Waals surface area (Å²) in [6.07, 6.45) is 2.36. The lowest BCUT2D eigenvalue weighted by molar-refractivity contribution is 0.0716. The molecule has 1 saturated heterocycles. The summed E-state index contributed by atoms with van der Waals surface area (Å²) >= 11 is 0. The van der Waals surface area contributed by atoms with Gasteiger partial charge in [-0.25, -0.2) is 9.50 Å². The summed E-state index contributed by atoms with van der Waals surface area (Å²) in [6, 6.07) is 1.71. The number of carbonyl (C=O) groups is 1. The Morgan fingerprint density at radius 3 is 2.92 bits per heavy atom. The van der Waals surface area contributed by atoms with E-state index in [1.54, 1.807) is 9.42 Å². The van der Waals surface area contributed by atoms with Crippen LogP contribution in [0.15, 0.2) is 10.6 Å². The monoisotopic (exact) mass is 341 g/mol. The van der Waals surface area contributed by atoms with Crippen molar-refractivity contribution in [3.8, 4) is 0 Å². The van der Waals surface area contributed by atoms with Crippen molar-refractivity contribution in [2.45, 2.75) is 46.1 Å². The molecule has 0 aliphatic carbocycles. The number of amides is 1. The lowest BCUT2D eigenvalue weighted by atomic mass is 10.2. The molecule has 25 heavy (non-hydrogen) atoms. The molecular formula is C16H19N7O2. The van der Waals surface area contributed by atoms with Crippen molar-refractivity contribution in [3.63, 3.8) is 0 Å². The predicted octanol–water partition coefficient (Wildman–Crippen LogP) is 1.66. The molecule has 4 heterocycles. The van der Waals surface area contributed by atoms with Gasteiger partial charge in [0.1, 0.15) is 0 Å². The molecule has 0 spiro atoms. The number of hydrogen-bond donors (Lipinski definition) is 0. The van der Waals surface area contributed by atoms with Gasteiger partial charge in [-0.2, -0.15) is 9.97 Å². The van der Waals surface area contributed by atoms with Crippen LogP contribution in [0.5, 0.6) is 0 Å².